The lowest BCUT2D eigenvalue weighted by Crippen LogP contribution is -2.29. The second kappa shape index (κ2) is 11.8. The van der Waals surface area contributed by atoms with Crippen LogP contribution in [0.4, 0.5) is 11.4 Å². The SMILES string of the molecule is c1ccc2c(N3CCCCC3)c3ccccc3c(-c3c4ccccc4c4c5c3cccc5c3cccc5c(N6CCCCC6)c6ccccc6c4c53)c2c1. The van der Waals surface area contributed by atoms with Gasteiger partial charge in [-0.05, 0) is 109 Å². The van der Waals surface area contributed by atoms with E-state index in [1.54, 1.807) is 0 Å². The van der Waals surface area contributed by atoms with Crippen LogP contribution in [0.15, 0.2) is 133 Å². The van der Waals surface area contributed by atoms with E-state index in [9.17, 15) is 0 Å². The fourth-order valence-corrected chi connectivity index (χ4v) is 11.0. The largest absolute Gasteiger partial charge is 0.371 e. The van der Waals surface area contributed by atoms with Gasteiger partial charge in [0, 0.05) is 53.1 Å². The Morgan fingerprint density at radius 2 is 0.537 bits per heavy atom. The van der Waals surface area contributed by atoms with Crippen molar-refractivity contribution in [3.05, 3.63) is 133 Å². The highest BCUT2D eigenvalue weighted by Gasteiger charge is 2.27. The van der Waals surface area contributed by atoms with Crippen LogP contribution in [0, 0.1) is 0 Å². The Bertz CT molecular complexity index is 3070. The Balaban J connectivity index is 1.30. The van der Waals surface area contributed by atoms with Crippen LogP contribution >= 0.6 is 0 Å². The van der Waals surface area contributed by atoms with Crippen molar-refractivity contribution in [3.63, 3.8) is 0 Å². The summed E-state index contributed by atoms with van der Waals surface area (Å²) < 4.78 is 0. The van der Waals surface area contributed by atoms with E-state index < -0.39 is 0 Å². The molecule has 0 N–H and O–H groups in total. The number of hydrogen-bond donors (Lipinski definition) is 0. The number of hydrogen-bond acceptors (Lipinski definition) is 2. The number of rotatable bonds is 3. The summed E-state index contributed by atoms with van der Waals surface area (Å²) in [5.41, 5.74) is 5.55. The summed E-state index contributed by atoms with van der Waals surface area (Å²) in [6, 6.07) is 51.4. The molecular formula is C52H42N2. The first-order chi connectivity index (χ1) is 26.9. The van der Waals surface area contributed by atoms with Gasteiger partial charge in [0.15, 0.2) is 0 Å². The van der Waals surface area contributed by atoms with Gasteiger partial charge in [-0.1, -0.05) is 133 Å². The molecule has 0 amide bonds. The topological polar surface area (TPSA) is 6.48 Å². The van der Waals surface area contributed by atoms with Gasteiger partial charge in [0.05, 0.1) is 11.4 Å². The lowest BCUT2D eigenvalue weighted by Gasteiger charge is -2.32. The first-order valence-electron chi connectivity index (χ1n) is 20.3. The standard InChI is InChI=1S/C52H42N2/c1-11-29-53(30-12-1)51-40-22-8-5-19-37(40)45(38-20-6-9-23-41(38)51)46-33-17-3-4-18-36(33)49-47-34(25-15-27-43(46)47)35-26-16-28-44-48(35)50(49)39-21-7-10-24-42(39)52(44)54-31-13-2-14-32-54/h3-10,15-28H,1-2,11-14,29-32H2. The van der Waals surface area contributed by atoms with Crippen LogP contribution in [0.25, 0.3) is 97.3 Å². The molecule has 2 aliphatic rings. The maximum Gasteiger partial charge on any atom is 0.0526 e. The summed E-state index contributed by atoms with van der Waals surface area (Å²) in [5, 5.41) is 21.9. The molecule has 54 heavy (non-hydrogen) atoms. The molecule has 2 heterocycles. The lowest BCUT2D eigenvalue weighted by molar-refractivity contribution is 0.580. The average molecular weight is 695 g/mol. The van der Waals surface area contributed by atoms with Crippen molar-refractivity contribution in [3.8, 4) is 11.1 Å². The van der Waals surface area contributed by atoms with Gasteiger partial charge >= 0.3 is 0 Å². The van der Waals surface area contributed by atoms with Crippen LogP contribution in [0.5, 0.6) is 0 Å². The van der Waals surface area contributed by atoms with Crippen LogP contribution < -0.4 is 9.80 Å². The molecule has 2 saturated heterocycles. The van der Waals surface area contributed by atoms with Crippen molar-refractivity contribution in [1.82, 2.24) is 0 Å². The molecule has 0 saturated carbocycles. The molecule has 0 aliphatic carbocycles. The first kappa shape index (κ1) is 30.6. The lowest BCUT2D eigenvalue weighted by atomic mass is 9.80. The smallest absolute Gasteiger partial charge is 0.0526 e. The minimum Gasteiger partial charge on any atom is -0.371 e. The molecule has 2 heteroatoms. The van der Waals surface area contributed by atoms with Crippen molar-refractivity contribution in [2.45, 2.75) is 38.5 Å². The third-order valence-corrected chi connectivity index (χ3v) is 13.1. The van der Waals surface area contributed by atoms with Gasteiger partial charge < -0.3 is 9.80 Å². The van der Waals surface area contributed by atoms with E-state index in [1.807, 2.05) is 0 Å². The van der Waals surface area contributed by atoms with Crippen LogP contribution in [-0.4, -0.2) is 26.2 Å². The Morgan fingerprint density at radius 1 is 0.241 bits per heavy atom. The van der Waals surface area contributed by atoms with E-state index in [-0.39, 0.29) is 0 Å². The highest BCUT2D eigenvalue weighted by atomic mass is 15.1. The molecule has 260 valence electrons. The van der Waals surface area contributed by atoms with Crippen LogP contribution in [-0.2, 0) is 0 Å². The maximum atomic E-state index is 2.69. The number of benzene rings is 10. The average Bonchev–Trinajstić information content (AvgIpc) is 3.24. The molecule has 2 aliphatic heterocycles. The molecule has 0 unspecified atom stereocenters. The molecule has 0 radical (unpaired) electrons. The van der Waals surface area contributed by atoms with Crippen LogP contribution in [0.1, 0.15) is 38.5 Å². The predicted octanol–water partition coefficient (Wildman–Crippen LogP) is 14.0. The van der Waals surface area contributed by atoms with Gasteiger partial charge in [0.2, 0.25) is 0 Å². The molecule has 10 aromatic rings. The summed E-state index contributed by atoms with van der Waals surface area (Å²) in [5.74, 6) is 0. The number of nitrogens with zero attached hydrogens (tertiary/aromatic N) is 2. The highest BCUT2D eigenvalue weighted by molar-refractivity contribution is 6.46. The van der Waals surface area contributed by atoms with E-state index in [1.165, 1.54) is 147 Å². The fourth-order valence-electron chi connectivity index (χ4n) is 11.0. The zero-order valence-electron chi connectivity index (χ0n) is 30.7. The first-order valence-corrected chi connectivity index (χ1v) is 20.3. The minimum absolute atomic E-state index is 1.12. The van der Waals surface area contributed by atoms with Crippen molar-refractivity contribution >= 4 is 97.6 Å². The number of piperidine rings is 2. The Morgan fingerprint density at radius 3 is 1.06 bits per heavy atom. The molecule has 2 fully saturated rings. The third kappa shape index (κ3) is 4.17. The summed E-state index contributed by atoms with van der Waals surface area (Å²) in [6.45, 7) is 4.49. The zero-order chi connectivity index (χ0) is 35.3. The predicted molar refractivity (Wildman–Crippen MR) is 235 cm³/mol. The second-order valence-electron chi connectivity index (χ2n) is 15.9. The Labute approximate surface area is 315 Å². The summed E-state index contributed by atoms with van der Waals surface area (Å²) in [6.07, 6.45) is 7.68. The van der Waals surface area contributed by atoms with E-state index in [0.29, 0.717) is 0 Å². The maximum absolute atomic E-state index is 2.69. The van der Waals surface area contributed by atoms with Crippen molar-refractivity contribution in [1.29, 1.82) is 0 Å². The fraction of sp³-hybridized carbons (Fsp3) is 0.192. The van der Waals surface area contributed by atoms with Crippen molar-refractivity contribution < 1.29 is 0 Å². The van der Waals surface area contributed by atoms with Gasteiger partial charge in [-0.15, -0.1) is 0 Å². The van der Waals surface area contributed by atoms with Crippen molar-refractivity contribution in [2.75, 3.05) is 36.0 Å². The van der Waals surface area contributed by atoms with Gasteiger partial charge in [-0.2, -0.15) is 0 Å². The summed E-state index contributed by atoms with van der Waals surface area (Å²) in [4.78, 5) is 5.37. The summed E-state index contributed by atoms with van der Waals surface area (Å²) in [7, 11) is 0. The molecule has 0 spiro atoms. The van der Waals surface area contributed by atoms with E-state index in [4.69, 9.17) is 0 Å². The Kier molecular flexibility index (Phi) is 6.70. The normalized spacial score (nSPS) is 15.7. The molecule has 0 atom stereocenters. The molecule has 10 aromatic carbocycles. The Hall–Kier alpha value is -5.86. The molecule has 0 bridgehead atoms. The quantitative estimate of drug-likeness (QED) is 0.134. The van der Waals surface area contributed by atoms with E-state index in [2.05, 4.69) is 143 Å². The van der Waals surface area contributed by atoms with Crippen molar-refractivity contribution in [2.24, 2.45) is 0 Å². The second-order valence-corrected chi connectivity index (χ2v) is 15.9. The van der Waals surface area contributed by atoms with E-state index >= 15 is 0 Å². The molecular weight excluding hydrogens is 653 g/mol. The van der Waals surface area contributed by atoms with Gasteiger partial charge in [-0.3, -0.25) is 0 Å². The van der Waals surface area contributed by atoms with Gasteiger partial charge in [0.25, 0.3) is 0 Å². The third-order valence-electron chi connectivity index (χ3n) is 13.1. The zero-order valence-corrected chi connectivity index (χ0v) is 30.7. The van der Waals surface area contributed by atoms with Gasteiger partial charge in [-0.25, -0.2) is 0 Å². The monoisotopic (exact) mass is 694 g/mol. The molecule has 12 rings (SSSR count). The highest BCUT2D eigenvalue weighted by Crippen LogP contribution is 2.54. The van der Waals surface area contributed by atoms with Crippen LogP contribution in [0.2, 0.25) is 0 Å². The molecule has 2 nitrogen and oxygen atoms in total. The van der Waals surface area contributed by atoms with E-state index in [0.717, 1.165) is 26.2 Å². The molecule has 0 aromatic heterocycles. The number of fused-ring (bicyclic) bond motifs is 8. The minimum atomic E-state index is 1.12. The van der Waals surface area contributed by atoms with Gasteiger partial charge in [0.1, 0.15) is 0 Å². The van der Waals surface area contributed by atoms with Crippen LogP contribution in [0.3, 0.4) is 0 Å². The summed E-state index contributed by atoms with van der Waals surface area (Å²) >= 11 is 0. The number of anilines is 2.